The minimum Gasteiger partial charge on any atom is -0.465 e. The molecule has 0 aliphatic carbocycles. The van der Waals surface area contributed by atoms with Crippen molar-refractivity contribution in [1.29, 1.82) is 0 Å². The Morgan fingerprint density at radius 3 is 1.02 bits per heavy atom. The zero-order valence-electron chi connectivity index (χ0n) is 29.0. The van der Waals surface area contributed by atoms with Gasteiger partial charge in [0, 0.05) is 45.3 Å². The topological polar surface area (TPSA) is 84.0 Å². The van der Waals surface area contributed by atoms with Crippen molar-refractivity contribution in [2.45, 2.75) is 13.8 Å². The molecule has 0 aromatic heterocycles. The van der Waals surface area contributed by atoms with Crippen molar-refractivity contribution in [2.24, 2.45) is 11.8 Å². The van der Waals surface area contributed by atoms with Gasteiger partial charge in [-0.15, -0.1) is 0 Å². The van der Waals surface area contributed by atoms with Crippen LogP contribution in [0.3, 0.4) is 0 Å². The number of hydrogen-bond donors (Lipinski definition) is 0. The molecule has 2 atom stereocenters. The number of esters is 1. The molecule has 7 heteroatoms. The molecule has 0 amide bonds. The highest BCUT2D eigenvalue weighted by molar-refractivity contribution is 6.20. The first kappa shape index (κ1) is 35.2. The van der Waals surface area contributed by atoms with Crippen LogP contribution in [0.25, 0.3) is 0 Å². The predicted molar refractivity (Wildman–Crippen MR) is 205 cm³/mol. The smallest absolute Gasteiger partial charge is 0.318 e. The molecule has 0 fully saturated rings. The molecule has 6 aromatic carbocycles. The molecular formula is C45H38N2O5. The van der Waals surface area contributed by atoms with Crippen molar-refractivity contribution in [3.05, 3.63) is 181 Å². The number of rotatable bonds is 14. The van der Waals surface area contributed by atoms with Crippen LogP contribution in [0.2, 0.25) is 0 Å². The van der Waals surface area contributed by atoms with E-state index in [0.29, 0.717) is 0 Å². The van der Waals surface area contributed by atoms with E-state index in [2.05, 4.69) is 0 Å². The van der Waals surface area contributed by atoms with Gasteiger partial charge >= 0.3 is 5.97 Å². The second kappa shape index (κ2) is 16.4. The number of nitrogens with zero attached hydrogens (tertiary/aromatic N) is 2. The highest BCUT2D eigenvalue weighted by atomic mass is 16.5. The standard InChI is InChI=1S/C45H38N2O5/c1-3-52-45(51)42(44(50)34-26-30-40(31-27-34)47(37-20-12-6-13-21-37)38-22-14-7-15-23-38)41(32(2)48)43(49)33-24-28-39(29-25-33)46(35-16-8-4-9-17-35)36-18-10-5-11-19-36/h4-31,41-42H,3H2,1-2H3. The number of benzene rings is 6. The Kier molecular flexibility index (Phi) is 11.1. The number of carbonyl (C=O) groups is 4. The molecule has 6 aromatic rings. The maximum Gasteiger partial charge on any atom is 0.318 e. The van der Waals surface area contributed by atoms with Gasteiger partial charge in [0.05, 0.1) is 6.61 Å². The van der Waals surface area contributed by atoms with Crippen LogP contribution in [0.5, 0.6) is 0 Å². The number of ketones is 3. The first-order chi connectivity index (χ1) is 25.4. The summed E-state index contributed by atoms with van der Waals surface area (Å²) in [6.07, 6.45) is 0. The summed E-state index contributed by atoms with van der Waals surface area (Å²) in [5.74, 6) is -6.07. The van der Waals surface area contributed by atoms with Gasteiger partial charge in [-0.2, -0.15) is 0 Å². The lowest BCUT2D eigenvalue weighted by molar-refractivity contribution is -0.149. The minimum absolute atomic E-state index is 0.0209. The van der Waals surface area contributed by atoms with Gasteiger partial charge in [-0.05, 0) is 111 Å². The molecule has 52 heavy (non-hydrogen) atoms. The number of para-hydroxylation sites is 4. The molecule has 0 aliphatic heterocycles. The highest BCUT2D eigenvalue weighted by Crippen LogP contribution is 2.36. The lowest BCUT2D eigenvalue weighted by Crippen LogP contribution is -2.41. The number of ether oxygens (including phenoxy) is 1. The number of carbonyl (C=O) groups excluding carboxylic acids is 4. The Labute approximate surface area is 303 Å². The lowest BCUT2D eigenvalue weighted by atomic mass is 9.78. The van der Waals surface area contributed by atoms with Crippen molar-refractivity contribution in [3.63, 3.8) is 0 Å². The van der Waals surface area contributed by atoms with Crippen LogP contribution < -0.4 is 9.80 Å². The fourth-order valence-corrected chi connectivity index (χ4v) is 6.31. The summed E-state index contributed by atoms with van der Waals surface area (Å²) in [4.78, 5) is 59.2. The van der Waals surface area contributed by atoms with E-state index < -0.39 is 35.2 Å². The summed E-state index contributed by atoms with van der Waals surface area (Å²) in [6.45, 7) is 2.82. The van der Waals surface area contributed by atoms with Gasteiger partial charge in [-0.1, -0.05) is 72.8 Å². The van der Waals surface area contributed by atoms with E-state index in [1.54, 1.807) is 55.5 Å². The average molecular weight is 687 g/mol. The Morgan fingerprint density at radius 1 is 0.442 bits per heavy atom. The fourth-order valence-electron chi connectivity index (χ4n) is 6.31. The van der Waals surface area contributed by atoms with E-state index in [1.807, 2.05) is 131 Å². The Balaban J connectivity index is 1.31. The van der Waals surface area contributed by atoms with Crippen LogP contribution in [0.1, 0.15) is 34.6 Å². The van der Waals surface area contributed by atoms with Gasteiger partial charge in [0.2, 0.25) is 0 Å². The zero-order chi connectivity index (χ0) is 36.5. The van der Waals surface area contributed by atoms with Crippen LogP contribution in [-0.2, 0) is 14.3 Å². The lowest BCUT2D eigenvalue weighted by Gasteiger charge is -2.26. The first-order valence-electron chi connectivity index (χ1n) is 17.1. The molecule has 0 radical (unpaired) electrons. The second-order valence-electron chi connectivity index (χ2n) is 12.2. The molecule has 0 heterocycles. The van der Waals surface area contributed by atoms with Crippen molar-refractivity contribution in [1.82, 2.24) is 0 Å². The third-order valence-corrected chi connectivity index (χ3v) is 8.75. The fraction of sp³-hybridized carbons (Fsp3) is 0.111. The molecule has 6 rings (SSSR count). The van der Waals surface area contributed by atoms with Crippen LogP contribution >= 0.6 is 0 Å². The highest BCUT2D eigenvalue weighted by Gasteiger charge is 2.43. The van der Waals surface area contributed by atoms with Crippen molar-refractivity contribution < 1.29 is 23.9 Å². The van der Waals surface area contributed by atoms with Crippen LogP contribution in [0.4, 0.5) is 34.1 Å². The summed E-state index contributed by atoms with van der Waals surface area (Å²) < 4.78 is 5.31. The van der Waals surface area contributed by atoms with Crippen molar-refractivity contribution in [2.75, 3.05) is 16.4 Å². The number of anilines is 6. The summed E-state index contributed by atoms with van der Waals surface area (Å²) >= 11 is 0. The largest absolute Gasteiger partial charge is 0.465 e. The Hall–Kier alpha value is -6.60. The van der Waals surface area contributed by atoms with Gasteiger partial charge in [-0.25, -0.2) is 0 Å². The molecule has 0 bridgehead atoms. The Morgan fingerprint density at radius 2 is 0.731 bits per heavy atom. The average Bonchev–Trinajstić information content (AvgIpc) is 3.19. The normalized spacial score (nSPS) is 11.9. The molecule has 258 valence electrons. The molecule has 0 spiro atoms. The molecular weight excluding hydrogens is 649 g/mol. The third kappa shape index (κ3) is 7.74. The molecule has 0 saturated heterocycles. The number of Topliss-reactive ketones (excluding diaryl/α,β-unsaturated/α-hetero) is 3. The predicted octanol–water partition coefficient (Wildman–Crippen LogP) is 10.1. The quantitative estimate of drug-likeness (QED) is 0.0641. The van der Waals surface area contributed by atoms with Crippen LogP contribution in [-0.4, -0.2) is 29.9 Å². The summed E-state index contributed by atoms with van der Waals surface area (Å²) in [6, 6.07) is 52.8. The van der Waals surface area contributed by atoms with Gasteiger partial charge in [0.25, 0.3) is 0 Å². The SMILES string of the molecule is CCOC(=O)C(C(=O)c1ccc(N(c2ccccc2)c2ccccc2)cc1)C(C(C)=O)C(=O)c1ccc(N(c2ccccc2)c2ccccc2)cc1. The van der Waals surface area contributed by atoms with E-state index in [0.717, 1.165) is 34.1 Å². The zero-order valence-corrected chi connectivity index (χ0v) is 29.0. The van der Waals surface area contributed by atoms with E-state index in [4.69, 9.17) is 4.74 Å². The Bertz CT molecular complexity index is 2040. The van der Waals surface area contributed by atoms with E-state index in [9.17, 15) is 19.2 Å². The number of hydrogen-bond acceptors (Lipinski definition) is 7. The van der Waals surface area contributed by atoms with Gasteiger partial charge in [-0.3, -0.25) is 19.2 Å². The van der Waals surface area contributed by atoms with E-state index in [1.165, 1.54) is 6.92 Å². The van der Waals surface area contributed by atoms with Crippen LogP contribution in [0.15, 0.2) is 170 Å². The first-order valence-corrected chi connectivity index (χ1v) is 17.1. The van der Waals surface area contributed by atoms with Gasteiger partial charge < -0.3 is 14.5 Å². The summed E-state index contributed by atoms with van der Waals surface area (Å²) in [7, 11) is 0. The van der Waals surface area contributed by atoms with E-state index >= 15 is 0 Å². The van der Waals surface area contributed by atoms with Crippen molar-refractivity contribution in [3.8, 4) is 0 Å². The maximum atomic E-state index is 14.2. The molecule has 7 nitrogen and oxygen atoms in total. The molecule has 0 N–H and O–H groups in total. The molecule has 0 aliphatic rings. The second-order valence-corrected chi connectivity index (χ2v) is 12.2. The van der Waals surface area contributed by atoms with E-state index in [-0.39, 0.29) is 17.7 Å². The monoisotopic (exact) mass is 686 g/mol. The molecule has 2 unspecified atom stereocenters. The third-order valence-electron chi connectivity index (χ3n) is 8.75. The molecule has 0 saturated carbocycles. The van der Waals surface area contributed by atoms with Crippen molar-refractivity contribution >= 4 is 57.4 Å². The maximum absolute atomic E-state index is 14.2. The summed E-state index contributed by atoms with van der Waals surface area (Å²) in [5, 5.41) is 0. The van der Waals surface area contributed by atoms with Gasteiger partial charge in [0.1, 0.15) is 17.6 Å². The summed E-state index contributed by atoms with van der Waals surface area (Å²) in [5.41, 5.74) is 5.62. The van der Waals surface area contributed by atoms with Crippen LogP contribution in [0, 0.1) is 11.8 Å². The minimum atomic E-state index is -1.67. The van der Waals surface area contributed by atoms with Gasteiger partial charge in [0.15, 0.2) is 11.6 Å².